The van der Waals surface area contributed by atoms with E-state index in [1.165, 1.54) is 10.8 Å². The summed E-state index contributed by atoms with van der Waals surface area (Å²) in [5.74, 6) is 1.72. The van der Waals surface area contributed by atoms with E-state index in [1.807, 2.05) is 54.6 Å². The lowest BCUT2D eigenvalue weighted by molar-refractivity contribution is 0.668. The van der Waals surface area contributed by atoms with Gasteiger partial charge in [0.15, 0.2) is 17.5 Å². The van der Waals surface area contributed by atoms with Gasteiger partial charge in [-0.05, 0) is 87.1 Å². The topological polar surface area (TPSA) is 65.0 Å². The third kappa shape index (κ3) is 5.67. The molecule has 60 heavy (non-hydrogen) atoms. The molecule has 0 aliphatic rings. The molecule has 0 amide bonds. The van der Waals surface area contributed by atoms with Crippen LogP contribution >= 0.6 is 0 Å². The van der Waals surface area contributed by atoms with E-state index in [1.54, 1.807) is 0 Å². The zero-order valence-electron chi connectivity index (χ0n) is 32.2. The average molecular weight is 768 g/mol. The molecule has 0 unspecified atom stereocenters. The number of hydrogen-bond acceptors (Lipinski definition) is 5. The molecule has 0 saturated heterocycles. The molecule has 0 N–H and O–H groups in total. The van der Waals surface area contributed by atoms with Gasteiger partial charge in [0.1, 0.15) is 22.3 Å². The van der Waals surface area contributed by atoms with Crippen molar-refractivity contribution in [1.82, 2.24) is 15.0 Å². The fourth-order valence-electron chi connectivity index (χ4n) is 8.68. The highest BCUT2D eigenvalue weighted by molar-refractivity contribution is 6.19. The van der Waals surface area contributed by atoms with Gasteiger partial charge < -0.3 is 8.83 Å². The number of rotatable bonds is 6. The Balaban J connectivity index is 1.15. The van der Waals surface area contributed by atoms with Crippen molar-refractivity contribution in [2.75, 3.05) is 0 Å². The van der Waals surface area contributed by atoms with Gasteiger partial charge in [-0.2, -0.15) is 0 Å². The van der Waals surface area contributed by atoms with Gasteiger partial charge >= 0.3 is 0 Å². The van der Waals surface area contributed by atoms with Crippen molar-refractivity contribution >= 4 is 54.6 Å². The minimum Gasteiger partial charge on any atom is -0.456 e. The van der Waals surface area contributed by atoms with Gasteiger partial charge in [0.2, 0.25) is 0 Å². The second-order valence-electron chi connectivity index (χ2n) is 15.1. The van der Waals surface area contributed by atoms with Crippen LogP contribution in [0.2, 0.25) is 0 Å². The van der Waals surface area contributed by atoms with Crippen molar-refractivity contribution in [2.24, 2.45) is 0 Å². The maximum atomic E-state index is 6.47. The van der Waals surface area contributed by atoms with E-state index in [9.17, 15) is 0 Å². The molecule has 0 fully saturated rings. The van der Waals surface area contributed by atoms with Gasteiger partial charge in [-0.15, -0.1) is 0 Å². The second-order valence-corrected chi connectivity index (χ2v) is 15.1. The highest BCUT2D eigenvalue weighted by Gasteiger charge is 2.22. The smallest absolute Gasteiger partial charge is 0.164 e. The molecule has 3 aromatic heterocycles. The Morgan fingerprint density at radius 3 is 1.65 bits per heavy atom. The molecule has 0 atom stereocenters. The standard InChI is InChI=1S/C55H33N3O2/c1-4-14-34(15-5-1)40-31-44(38-26-28-48-45(30-38)52-41-21-11-10-16-35(41)25-29-49(52)59-48)51(36-17-6-2-7-18-36)46(32-40)55-57-53(37-19-8-3-9-20-37)56-54(58-55)39-24-27-43-42-22-12-13-23-47(42)60-50(43)33-39/h1-33H. The average Bonchev–Trinajstić information content (AvgIpc) is 3.90. The van der Waals surface area contributed by atoms with Gasteiger partial charge in [-0.3, -0.25) is 0 Å². The van der Waals surface area contributed by atoms with Crippen LogP contribution in [0.1, 0.15) is 0 Å². The van der Waals surface area contributed by atoms with Crippen LogP contribution < -0.4 is 0 Å². The number of hydrogen-bond donors (Lipinski definition) is 0. The molecule has 3 heterocycles. The summed E-state index contributed by atoms with van der Waals surface area (Å²) in [6, 6.07) is 69.4. The highest BCUT2D eigenvalue weighted by atomic mass is 16.3. The third-order valence-corrected chi connectivity index (χ3v) is 11.5. The van der Waals surface area contributed by atoms with Crippen LogP contribution in [0, 0.1) is 0 Å². The first kappa shape index (κ1) is 33.9. The van der Waals surface area contributed by atoms with Crippen LogP contribution in [0.4, 0.5) is 0 Å². The van der Waals surface area contributed by atoms with Crippen molar-refractivity contribution in [2.45, 2.75) is 0 Å². The van der Waals surface area contributed by atoms with Crippen LogP contribution in [0.5, 0.6) is 0 Å². The summed E-state index contributed by atoms with van der Waals surface area (Å²) in [5.41, 5.74) is 12.3. The maximum Gasteiger partial charge on any atom is 0.164 e. The first-order chi connectivity index (χ1) is 29.7. The molecule has 280 valence electrons. The Morgan fingerprint density at radius 1 is 0.283 bits per heavy atom. The Labute approximate surface area is 344 Å². The van der Waals surface area contributed by atoms with Crippen molar-refractivity contribution in [1.29, 1.82) is 0 Å². The predicted octanol–water partition coefficient (Wildman–Crippen LogP) is 14.8. The zero-order valence-corrected chi connectivity index (χ0v) is 32.2. The Bertz CT molecular complexity index is 3590. The molecule has 12 aromatic rings. The third-order valence-electron chi connectivity index (χ3n) is 11.5. The summed E-state index contributed by atoms with van der Waals surface area (Å²) in [7, 11) is 0. The van der Waals surface area contributed by atoms with Crippen molar-refractivity contribution in [3.8, 4) is 67.5 Å². The van der Waals surface area contributed by atoms with E-state index < -0.39 is 0 Å². The fraction of sp³-hybridized carbons (Fsp3) is 0. The Hall–Kier alpha value is -8.15. The fourth-order valence-corrected chi connectivity index (χ4v) is 8.68. The Kier molecular flexibility index (Phi) is 7.78. The van der Waals surface area contributed by atoms with E-state index in [4.69, 9.17) is 23.8 Å². The lowest BCUT2D eigenvalue weighted by atomic mass is 9.86. The SMILES string of the molecule is c1ccc(-c2cc(-c3ccc4oc5ccc6ccccc6c5c4c3)c(-c3ccccc3)c(-c3nc(-c4ccccc4)nc(-c4ccc5c(c4)oc4ccccc45)n3)c2)cc1. The summed E-state index contributed by atoms with van der Waals surface area (Å²) in [6.45, 7) is 0. The summed E-state index contributed by atoms with van der Waals surface area (Å²) < 4.78 is 12.8. The molecule has 0 aliphatic heterocycles. The molecule has 0 bridgehead atoms. The predicted molar refractivity (Wildman–Crippen MR) is 245 cm³/mol. The molecular weight excluding hydrogens is 735 g/mol. The summed E-state index contributed by atoms with van der Waals surface area (Å²) in [4.78, 5) is 15.8. The number of aromatic nitrogens is 3. The van der Waals surface area contributed by atoms with Crippen molar-refractivity contribution in [3.05, 3.63) is 200 Å². The van der Waals surface area contributed by atoms with Gasteiger partial charge in [0.05, 0.1) is 0 Å². The van der Waals surface area contributed by atoms with E-state index >= 15 is 0 Å². The van der Waals surface area contributed by atoms with Gasteiger partial charge in [0, 0.05) is 43.8 Å². The number of fused-ring (bicyclic) bond motifs is 8. The Morgan fingerprint density at radius 2 is 0.850 bits per heavy atom. The minimum absolute atomic E-state index is 0.560. The summed E-state index contributed by atoms with van der Waals surface area (Å²) >= 11 is 0. The molecule has 0 saturated carbocycles. The van der Waals surface area contributed by atoms with Gasteiger partial charge in [0.25, 0.3) is 0 Å². The minimum atomic E-state index is 0.560. The summed E-state index contributed by atoms with van der Waals surface area (Å²) in [6.07, 6.45) is 0. The highest BCUT2D eigenvalue weighted by Crippen LogP contribution is 2.45. The quantitative estimate of drug-likeness (QED) is 0.169. The zero-order chi connectivity index (χ0) is 39.6. The number of nitrogens with zero attached hydrogens (tertiary/aromatic N) is 3. The number of furan rings is 2. The molecule has 12 rings (SSSR count). The van der Waals surface area contributed by atoms with Gasteiger partial charge in [-0.25, -0.2) is 15.0 Å². The molecule has 0 aliphatic carbocycles. The lowest BCUT2D eigenvalue weighted by Crippen LogP contribution is -2.02. The van der Waals surface area contributed by atoms with Crippen LogP contribution in [-0.4, -0.2) is 15.0 Å². The molecule has 9 aromatic carbocycles. The monoisotopic (exact) mass is 767 g/mol. The van der Waals surface area contributed by atoms with Crippen LogP contribution in [0.3, 0.4) is 0 Å². The largest absolute Gasteiger partial charge is 0.456 e. The van der Waals surface area contributed by atoms with Crippen molar-refractivity contribution in [3.63, 3.8) is 0 Å². The molecule has 5 nitrogen and oxygen atoms in total. The lowest BCUT2D eigenvalue weighted by Gasteiger charge is -2.19. The first-order valence-corrected chi connectivity index (χ1v) is 20.1. The van der Waals surface area contributed by atoms with E-state index in [0.29, 0.717) is 17.5 Å². The van der Waals surface area contributed by atoms with E-state index in [2.05, 4.69) is 146 Å². The molecular formula is C55H33N3O2. The van der Waals surface area contributed by atoms with E-state index in [0.717, 1.165) is 93.9 Å². The maximum absolute atomic E-state index is 6.47. The first-order valence-electron chi connectivity index (χ1n) is 20.1. The van der Waals surface area contributed by atoms with Crippen LogP contribution in [-0.2, 0) is 0 Å². The molecule has 5 heteroatoms. The van der Waals surface area contributed by atoms with Gasteiger partial charge in [-0.1, -0.05) is 152 Å². The molecule has 0 radical (unpaired) electrons. The normalized spacial score (nSPS) is 11.7. The van der Waals surface area contributed by atoms with Crippen molar-refractivity contribution < 1.29 is 8.83 Å². The molecule has 0 spiro atoms. The van der Waals surface area contributed by atoms with Crippen LogP contribution in [0.15, 0.2) is 209 Å². The summed E-state index contributed by atoms with van der Waals surface area (Å²) in [5, 5.41) is 6.65. The van der Waals surface area contributed by atoms with E-state index in [-0.39, 0.29) is 0 Å². The van der Waals surface area contributed by atoms with Crippen LogP contribution in [0.25, 0.3) is 122 Å². The number of benzene rings is 9. The number of para-hydroxylation sites is 1. The second kappa shape index (κ2) is 13.8.